The lowest BCUT2D eigenvalue weighted by molar-refractivity contribution is -0.904. The summed E-state index contributed by atoms with van der Waals surface area (Å²) in [5.41, 5.74) is 12.9. The number of hydrogen-bond donors (Lipinski definition) is 3. The van der Waals surface area contributed by atoms with Gasteiger partial charge in [-0.05, 0) is 32.0 Å². The summed E-state index contributed by atoms with van der Waals surface area (Å²) >= 11 is 0. The van der Waals surface area contributed by atoms with Crippen LogP contribution in [0, 0.1) is 0 Å². The van der Waals surface area contributed by atoms with E-state index < -0.39 is 0 Å². The minimum absolute atomic E-state index is 0.142. The number of carbonyl (C=O) groups excluding carboxylic acids is 1. The summed E-state index contributed by atoms with van der Waals surface area (Å²) in [6.45, 7) is 7.97. The fourth-order valence-corrected chi connectivity index (χ4v) is 1.86. The SMILES string of the molecule is CC[N+](C)(CC)CCNC(=O)c1ccc(N)cc1N. The molecule has 1 aromatic carbocycles. The lowest BCUT2D eigenvalue weighted by atomic mass is 10.1. The zero-order valence-corrected chi connectivity index (χ0v) is 12.1. The molecular formula is C14H25N4O+. The van der Waals surface area contributed by atoms with Gasteiger partial charge >= 0.3 is 0 Å². The molecule has 5 nitrogen and oxygen atoms in total. The van der Waals surface area contributed by atoms with Gasteiger partial charge in [0.1, 0.15) is 0 Å². The Labute approximate surface area is 115 Å². The molecule has 1 aromatic rings. The number of nitrogens with two attached hydrogens (primary N) is 2. The van der Waals surface area contributed by atoms with Crippen LogP contribution in [0.5, 0.6) is 0 Å². The second kappa shape index (κ2) is 6.43. The van der Waals surface area contributed by atoms with Crippen LogP contribution in [0.25, 0.3) is 0 Å². The number of nitrogen functional groups attached to an aromatic ring is 2. The van der Waals surface area contributed by atoms with Gasteiger partial charge in [-0.15, -0.1) is 0 Å². The third kappa shape index (κ3) is 4.13. The number of amides is 1. The van der Waals surface area contributed by atoms with E-state index in [2.05, 4.69) is 26.2 Å². The van der Waals surface area contributed by atoms with Crippen LogP contribution in [0.1, 0.15) is 24.2 Å². The number of hydrogen-bond acceptors (Lipinski definition) is 3. The smallest absolute Gasteiger partial charge is 0.253 e. The molecule has 106 valence electrons. The van der Waals surface area contributed by atoms with Gasteiger partial charge < -0.3 is 21.3 Å². The Balaban J connectivity index is 2.56. The second-order valence-electron chi connectivity index (χ2n) is 5.08. The molecule has 0 aromatic heterocycles. The van der Waals surface area contributed by atoms with Crippen LogP contribution in [0.3, 0.4) is 0 Å². The first-order chi connectivity index (χ1) is 8.91. The highest BCUT2D eigenvalue weighted by Crippen LogP contribution is 2.15. The van der Waals surface area contributed by atoms with E-state index in [1.807, 2.05) is 0 Å². The molecule has 0 spiro atoms. The van der Waals surface area contributed by atoms with Gasteiger partial charge in [0.25, 0.3) is 5.91 Å². The van der Waals surface area contributed by atoms with Gasteiger partial charge in [0.2, 0.25) is 0 Å². The number of likely N-dealkylation sites (N-methyl/N-ethyl adjacent to an activating group) is 1. The number of nitrogens with one attached hydrogen (secondary N) is 1. The Morgan fingerprint density at radius 1 is 1.26 bits per heavy atom. The average Bonchev–Trinajstić information content (AvgIpc) is 2.38. The summed E-state index contributed by atoms with van der Waals surface area (Å²) in [5.74, 6) is -0.142. The van der Waals surface area contributed by atoms with Crippen LogP contribution in [0.15, 0.2) is 18.2 Å². The van der Waals surface area contributed by atoms with Crippen LogP contribution >= 0.6 is 0 Å². The van der Waals surface area contributed by atoms with Crippen molar-refractivity contribution in [1.82, 2.24) is 5.32 Å². The van der Waals surface area contributed by atoms with Gasteiger partial charge in [-0.3, -0.25) is 4.79 Å². The fourth-order valence-electron chi connectivity index (χ4n) is 1.86. The van der Waals surface area contributed by atoms with Crippen molar-refractivity contribution in [3.8, 4) is 0 Å². The Hall–Kier alpha value is -1.75. The molecule has 19 heavy (non-hydrogen) atoms. The largest absolute Gasteiger partial charge is 0.399 e. The first kappa shape index (κ1) is 15.3. The average molecular weight is 265 g/mol. The molecule has 1 rings (SSSR count). The second-order valence-corrected chi connectivity index (χ2v) is 5.08. The third-order valence-electron chi connectivity index (χ3n) is 3.78. The van der Waals surface area contributed by atoms with Crippen LogP contribution in [0.2, 0.25) is 0 Å². The van der Waals surface area contributed by atoms with E-state index in [4.69, 9.17) is 11.5 Å². The van der Waals surface area contributed by atoms with E-state index in [0.717, 1.165) is 24.1 Å². The Morgan fingerprint density at radius 2 is 1.89 bits per heavy atom. The summed E-state index contributed by atoms with van der Waals surface area (Å²) in [5, 5.41) is 2.91. The van der Waals surface area contributed by atoms with Crippen molar-refractivity contribution < 1.29 is 9.28 Å². The molecular weight excluding hydrogens is 240 g/mol. The molecule has 0 atom stereocenters. The van der Waals surface area contributed by atoms with Crippen molar-refractivity contribution in [2.24, 2.45) is 0 Å². The normalized spacial score (nSPS) is 11.3. The molecule has 0 fully saturated rings. The summed E-state index contributed by atoms with van der Waals surface area (Å²) in [6, 6.07) is 4.95. The van der Waals surface area contributed by atoms with Crippen LogP contribution in [0.4, 0.5) is 11.4 Å². The Kier molecular flexibility index (Phi) is 5.18. The highest BCUT2D eigenvalue weighted by atomic mass is 16.1. The minimum atomic E-state index is -0.142. The fraction of sp³-hybridized carbons (Fsp3) is 0.500. The van der Waals surface area contributed by atoms with Crippen molar-refractivity contribution in [3.05, 3.63) is 23.8 Å². The summed E-state index contributed by atoms with van der Waals surface area (Å²) < 4.78 is 0.942. The van der Waals surface area contributed by atoms with Crippen LogP contribution in [-0.4, -0.2) is 43.6 Å². The first-order valence-corrected chi connectivity index (χ1v) is 6.68. The van der Waals surface area contributed by atoms with Crippen molar-refractivity contribution in [2.75, 3.05) is 44.7 Å². The molecule has 0 radical (unpaired) electrons. The monoisotopic (exact) mass is 265 g/mol. The summed E-state index contributed by atoms with van der Waals surface area (Å²) in [6.07, 6.45) is 0. The maximum absolute atomic E-state index is 12.0. The van der Waals surface area contributed by atoms with E-state index in [1.165, 1.54) is 0 Å². The van der Waals surface area contributed by atoms with Crippen LogP contribution < -0.4 is 16.8 Å². The highest BCUT2D eigenvalue weighted by Gasteiger charge is 2.17. The van der Waals surface area contributed by atoms with Crippen molar-refractivity contribution in [2.45, 2.75) is 13.8 Å². The van der Waals surface area contributed by atoms with E-state index >= 15 is 0 Å². The Bertz CT molecular complexity index is 441. The summed E-state index contributed by atoms with van der Waals surface area (Å²) in [7, 11) is 2.18. The molecule has 0 aliphatic carbocycles. The molecule has 0 bridgehead atoms. The van der Waals surface area contributed by atoms with Gasteiger partial charge in [0.05, 0.1) is 38.8 Å². The molecule has 0 saturated heterocycles. The predicted molar refractivity (Wildman–Crippen MR) is 79.7 cm³/mol. The lowest BCUT2D eigenvalue weighted by Crippen LogP contribution is -2.48. The molecule has 0 aliphatic heterocycles. The van der Waals surface area contributed by atoms with Gasteiger partial charge in [-0.2, -0.15) is 0 Å². The topological polar surface area (TPSA) is 81.1 Å². The minimum Gasteiger partial charge on any atom is -0.399 e. The molecule has 0 saturated carbocycles. The molecule has 1 amide bonds. The van der Waals surface area contributed by atoms with Crippen molar-refractivity contribution in [1.29, 1.82) is 0 Å². The molecule has 0 heterocycles. The molecule has 0 aliphatic rings. The first-order valence-electron chi connectivity index (χ1n) is 6.68. The molecule has 5 N–H and O–H groups in total. The number of carbonyl (C=O) groups is 1. The van der Waals surface area contributed by atoms with Crippen molar-refractivity contribution in [3.63, 3.8) is 0 Å². The zero-order valence-electron chi connectivity index (χ0n) is 12.1. The van der Waals surface area contributed by atoms with E-state index in [0.29, 0.717) is 23.5 Å². The lowest BCUT2D eigenvalue weighted by Gasteiger charge is -2.32. The standard InChI is InChI=1S/C14H24N4O/c1-4-18(3,5-2)9-8-17-14(19)12-7-6-11(15)10-13(12)16/h6-7,10H,4-5,8-9H2,1-3H3,(H4-,15,16,17,19)/p+1. The quantitative estimate of drug-likeness (QED) is 0.531. The van der Waals surface area contributed by atoms with Crippen LogP contribution in [-0.2, 0) is 0 Å². The molecule has 0 unspecified atom stereocenters. The van der Waals surface area contributed by atoms with Crippen molar-refractivity contribution >= 4 is 17.3 Å². The van der Waals surface area contributed by atoms with E-state index in [-0.39, 0.29) is 5.91 Å². The van der Waals surface area contributed by atoms with Gasteiger partial charge in [0.15, 0.2) is 0 Å². The van der Waals surface area contributed by atoms with Gasteiger partial charge in [-0.25, -0.2) is 0 Å². The number of nitrogens with zero attached hydrogens (tertiary/aromatic N) is 1. The predicted octanol–water partition coefficient (Wildman–Crippen LogP) is 1.07. The number of rotatable bonds is 6. The Morgan fingerprint density at radius 3 is 2.42 bits per heavy atom. The maximum atomic E-state index is 12.0. The zero-order chi connectivity index (χ0) is 14.5. The summed E-state index contributed by atoms with van der Waals surface area (Å²) in [4.78, 5) is 12.0. The third-order valence-corrected chi connectivity index (χ3v) is 3.78. The van der Waals surface area contributed by atoms with Gasteiger partial charge in [-0.1, -0.05) is 0 Å². The van der Waals surface area contributed by atoms with E-state index in [9.17, 15) is 4.79 Å². The highest BCUT2D eigenvalue weighted by molar-refractivity contribution is 5.99. The number of anilines is 2. The van der Waals surface area contributed by atoms with Gasteiger partial charge in [0, 0.05) is 11.4 Å². The number of benzene rings is 1. The molecule has 5 heteroatoms. The number of quaternary nitrogens is 1. The maximum Gasteiger partial charge on any atom is 0.253 e. The van der Waals surface area contributed by atoms with E-state index in [1.54, 1.807) is 18.2 Å².